The van der Waals surface area contributed by atoms with Crippen LogP contribution in [0.15, 0.2) is 36.5 Å². The molecule has 1 aliphatic heterocycles. The smallest absolute Gasteiger partial charge is 0.410 e. The van der Waals surface area contributed by atoms with E-state index in [0.717, 1.165) is 24.5 Å². The van der Waals surface area contributed by atoms with Crippen LogP contribution in [0.4, 0.5) is 9.18 Å². The summed E-state index contributed by atoms with van der Waals surface area (Å²) in [5.41, 5.74) is 0.884. The van der Waals surface area contributed by atoms with E-state index in [4.69, 9.17) is 14.6 Å². The molecule has 31 heavy (non-hydrogen) atoms. The Balaban J connectivity index is 1.51. The molecular formula is C23H27FN2O5. The highest BCUT2D eigenvalue weighted by atomic mass is 19.1. The van der Waals surface area contributed by atoms with Crippen LogP contribution < -0.4 is 4.74 Å². The number of pyridine rings is 1. The summed E-state index contributed by atoms with van der Waals surface area (Å²) in [5, 5.41) is 8.87. The molecule has 7 nitrogen and oxygen atoms in total. The molecule has 1 aromatic carbocycles. The van der Waals surface area contributed by atoms with E-state index >= 15 is 0 Å². The molecular weight excluding hydrogens is 403 g/mol. The number of hydrogen-bond donors (Lipinski definition) is 1. The number of aromatic nitrogens is 1. The van der Waals surface area contributed by atoms with Crippen LogP contribution in [0, 0.1) is 5.82 Å². The maximum absolute atomic E-state index is 13.7. The monoisotopic (exact) mass is 430 g/mol. The molecule has 1 fully saturated rings. The molecule has 2 heterocycles. The molecule has 0 radical (unpaired) electrons. The molecule has 3 rings (SSSR count). The minimum Gasteiger partial charge on any atom is -0.487 e. The van der Waals surface area contributed by atoms with Gasteiger partial charge in [0.15, 0.2) is 0 Å². The van der Waals surface area contributed by atoms with Crippen molar-refractivity contribution in [3.8, 4) is 5.75 Å². The fraction of sp³-hybridized carbons (Fsp3) is 0.435. The molecule has 2 aromatic rings. The second-order valence-corrected chi connectivity index (χ2v) is 8.56. The third-order valence-corrected chi connectivity index (χ3v) is 5.02. The van der Waals surface area contributed by atoms with Gasteiger partial charge in [0, 0.05) is 25.4 Å². The van der Waals surface area contributed by atoms with Gasteiger partial charge in [0.1, 0.15) is 23.8 Å². The first-order chi connectivity index (χ1) is 14.6. The summed E-state index contributed by atoms with van der Waals surface area (Å²) in [7, 11) is 0. The second kappa shape index (κ2) is 9.32. The van der Waals surface area contributed by atoms with Gasteiger partial charge in [-0.25, -0.2) is 14.0 Å². The van der Waals surface area contributed by atoms with E-state index in [9.17, 15) is 14.0 Å². The lowest BCUT2D eigenvalue weighted by atomic mass is 9.90. The van der Waals surface area contributed by atoms with Crippen molar-refractivity contribution in [2.45, 2.75) is 51.7 Å². The quantitative estimate of drug-likeness (QED) is 0.745. The molecule has 0 bridgehead atoms. The van der Waals surface area contributed by atoms with Gasteiger partial charge in [-0.15, -0.1) is 0 Å². The summed E-state index contributed by atoms with van der Waals surface area (Å²) in [6, 6.07) is 7.49. The molecule has 8 heteroatoms. The summed E-state index contributed by atoms with van der Waals surface area (Å²) in [6.07, 6.45) is 3.21. The van der Waals surface area contributed by atoms with Crippen molar-refractivity contribution >= 4 is 12.1 Å². The Labute approximate surface area is 180 Å². The number of ether oxygens (including phenoxy) is 2. The number of amides is 1. The highest BCUT2D eigenvalue weighted by Gasteiger charge is 2.27. The van der Waals surface area contributed by atoms with Crippen molar-refractivity contribution in [3.63, 3.8) is 0 Å². The first kappa shape index (κ1) is 22.5. The average molecular weight is 430 g/mol. The van der Waals surface area contributed by atoms with E-state index in [1.807, 2.05) is 32.9 Å². The van der Waals surface area contributed by atoms with Crippen molar-refractivity contribution < 1.29 is 28.6 Å². The van der Waals surface area contributed by atoms with Crippen molar-refractivity contribution in [2.75, 3.05) is 13.1 Å². The van der Waals surface area contributed by atoms with Gasteiger partial charge in [-0.05, 0) is 63.3 Å². The van der Waals surface area contributed by atoms with Gasteiger partial charge in [-0.3, -0.25) is 4.98 Å². The number of carbonyl (C=O) groups is 2. The number of benzene rings is 1. The highest BCUT2D eigenvalue weighted by molar-refractivity contribution is 5.88. The zero-order valence-electron chi connectivity index (χ0n) is 17.9. The number of rotatable bonds is 5. The summed E-state index contributed by atoms with van der Waals surface area (Å²) >= 11 is 0. The predicted octanol–water partition coefficient (Wildman–Crippen LogP) is 4.61. The third-order valence-electron chi connectivity index (χ3n) is 5.02. The maximum atomic E-state index is 13.7. The summed E-state index contributed by atoms with van der Waals surface area (Å²) in [5.74, 6) is -1.61. The molecule has 166 valence electrons. The Hall–Kier alpha value is -3.16. The minimum atomic E-state index is -1.32. The van der Waals surface area contributed by atoms with Crippen molar-refractivity contribution in [3.05, 3.63) is 59.2 Å². The molecule has 0 atom stereocenters. The SMILES string of the molecule is CC(C)(C)OC(=O)N1CCC(c2ccc(COc3ccc(C(=O)O)c(F)c3)nc2)CC1. The Kier molecular flexibility index (Phi) is 6.77. The first-order valence-corrected chi connectivity index (χ1v) is 10.2. The number of carbonyl (C=O) groups excluding carboxylic acids is 1. The molecule has 1 saturated heterocycles. The molecule has 1 N–H and O–H groups in total. The molecule has 0 aliphatic carbocycles. The molecule has 1 amide bonds. The lowest BCUT2D eigenvalue weighted by molar-refractivity contribution is 0.0204. The Morgan fingerprint density at radius 3 is 2.45 bits per heavy atom. The number of nitrogens with zero attached hydrogens (tertiary/aromatic N) is 2. The van der Waals surface area contributed by atoms with Gasteiger partial charge in [-0.1, -0.05) is 6.07 Å². The topological polar surface area (TPSA) is 89.0 Å². The van der Waals surface area contributed by atoms with E-state index in [1.54, 1.807) is 11.1 Å². The fourth-order valence-corrected chi connectivity index (χ4v) is 3.40. The van der Waals surface area contributed by atoms with Gasteiger partial charge >= 0.3 is 12.1 Å². The first-order valence-electron chi connectivity index (χ1n) is 10.2. The van der Waals surface area contributed by atoms with Crippen LogP contribution in [-0.2, 0) is 11.3 Å². The number of carboxylic acids is 1. The summed E-state index contributed by atoms with van der Waals surface area (Å²) in [6.45, 7) is 7.00. The maximum Gasteiger partial charge on any atom is 0.410 e. The molecule has 1 aliphatic rings. The molecule has 0 saturated carbocycles. The van der Waals surface area contributed by atoms with Gasteiger partial charge in [0.2, 0.25) is 0 Å². The van der Waals surface area contributed by atoms with Crippen molar-refractivity contribution in [1.29, 1.82) is 0 Å². The van der Waals surface area contributed by atoms with Crippen LogP contribution in [0.1, 0.15) is 61.1 Å². The highest BCUT2D eigenvalue weighted by Crippen LogP contribution is 2.28. The van der Waals surface area contributed by atoms with Gasteiger partial charge in [0.05, 0.1) is 11.3 Å². The van der Waals surface area contributed by atoms with Gasteiger partial charge in [0.25, 0.3) is 0 Å². The molecule has 0 unspecified atom stereocenters. The Morgan fingerprint density at radius 2 is 1.90 bits per heavy atom. The fourth-order valence-electron chi connectivity index (χ4n) is 3.40. The van der Waals surface area contributed by atoms with E-state index in [2.05, 4.69) is 4.98 Å². The van der Waals surface area contributed by atoms with Crippen LogP contribution in [0.5, 0.6) is 5.75 Å². The minimum absolute atomic E-state index is 0.142. The van der Waals surface area contributed by atoms with Crippen LogP contribution in [0.2, 0.25) is 0 Å². The van der Waals surface area contributed by atoms with E-state index in [-0.39, 0.29) is 18.4 Å². The zero-order chi connectivity index (χ0) is 22.6. The standard InChI is InChI=1S/C23H27FN2O5/c1-23(2,3)31-22(29)26-10-8-15(9-11-26)16-4-5-17(25-13-16)14-30-18-6-7-19(21(27)28)20(24)12-18/h4-7,12-13,15H,8-11,14H2,1-3H3,(H,27,28). The second-order valence-electron chi connectivity index (χ2n) is 8.56. The summed E-state index contributed by atoms with van der Waals surface area (Å²) in [4.78, 5) is 29.2. The van der Waals surface area contributed by atoms with Gasteiger partial charge in [-0.2, -0.15) is 0 Å². The van der Waals surface area contributed by atoms with Crippen LogP contribution >= 0.6 is 0 Å². The van der Waals surface area contributed by atoms with E-state index in [1.165, 1.54) is 12.1 Å². The largest absolute Gasteiger partial charge is 0.487 e. The lowest BCUT2D eigenvalue weighted by Gasteiger charge is -2.33. The third kappa shape index (κ3) is 6.16. The average Bonchev–Trinajstić information content (AvgIpc) is 2.71. The number of hydrogen-bond acceptors (Lipinski definition) is 5. The van der Waals surface area contributed by atoms with Crippen LogP contribution in [0.3, 0.4) is 0 Å². The van der Waals surface area contributed by atoms with Gasteiger partial charge < -0.3 is 19.5 Å². The molecule has 1 aromatic heterocycles. The van der Waals surface area contributed by atoms with Crippen molar-refractivity contribution in [1.82, 2.24) is 9.88 Å². The van der Waals surface area contributed by atoms with E-state index < -0.39 is 23.0 Å². The van der Waals surface area contributed by atoms with Crippen LogP contribution in [0.25, 0.3) is 0 Å². The number of likely N-dealkylation sites (tertiary alicyclic amines) is 1. The summed E-state index contributed by atoms with van der Waals surface area (Å²) < 4.78 is 24.7. The van der Waals surface area contributed by atoms with E-state index in [0.29, 0.717) is 24.7 Å². The Morgan fingerprint density at radius 1 is 1.19 bits per heavy atom. The number of halogens is 1. The molecule has 0 spiro atoms. The lowest BCUT2D eigenvalue weighted by Crippen LogP contribution is -2.41. The predicted molar refractivity (Wildman–Crippen MR) is 112 cm³/mol. The number of piperidine rings is 1. The zero-order valence-corrected chi connectivity index (χ0v) is 17.9. The number of aromatic carboxylic acids is 1. The number of carboxylic acid groups (broad SMARTS) is 1. The Bertz CT molecular complexity index is 932. The normalized spacial score (nSPS) is 14.9. The van der Waals surface area contributed by atoms with Crippen LogP contribution in [-0.4, -0.2) is 45.7 Å². The van der Waals surface area contributed by atoms with Crippen molar-refractivity contribution in [2.24, 2.45) is 0 Å².